The summed E-state index contributed by atoms with van der Waals surface area (Å²) >= 11 is 0. The van der Waals surface area contributed by atoms with Crippen molar-refractivity contribution in [3.05, 3.63) is 65.5 Å². The number of benzene rings is 2. The van der Waals surface area contributed by atoms with E-state index in [1.54, 1.807) is 0 Å². The van der Waals surface area contributed by atoms with Crippen molar-refractivity contribution in [2.45, 2.75) is 25.6 Å². The van der Waals surface area contributed by atoms with E-state index in [1.165, 1.54) is 11.1 Å². The van der Waals surface area contributed by atoms with Crippen LogP contribution in [0.2, 0.25) is 0 Å². The molecule has 1 aliphatic rings. The summed E-state index contributed by atoms with van der Waals surface area (Å²) in [7, 11) is 0. The van der Waals surface area contributed by atoms with Gasteiger partial charge in [0, 0.05) is 6.54 Å². The van der Waals surface area contributed by atoms with Gasteiger partial charge in [-0.05, 0) is 29.7 Å². The molecule has 0 spiro atoms. The predicted molar refractivity (Wildman–Crippen MR) is 88.7 cm³/mol. The van der Waals surface area contributed by atoms with Crippen LogP contribution in [0.3, 0.4) is 0 Å². The number of H-pyrrole nitrogens is 1. The van der Waals surface area contributed by atoms with Crippen molar-refractivity contribution >= 4 is 16.9 Å². The van der Waals surface area contributed by atoms with Crippen LogP contribution in [-0.2, 0) is 24.3 Å². The van der Waals surface area contributed by atoms with Crippen molar-refractivity contribution in [3.63, 3.8) is 0 Å². The summed E-state index contributed by atoms with van der Waals surface area (Å²) in [4.78, 5) is 20.1. The first kappa shape index (κ1) is 14.0. The van der Waals surface area contributed by atoms with E-state index in [1.807, 2.05) is 36.4 Å². The first-order valence-electron chi connectivity index (χ1n) is 7.81. The number of para-hydroxylation sites is 2. The molecule has 23 heavy (non-hydrogen) atoms. The van der Waals surface area contributed by atoms with Gasteiger partial charge < -0.3 is 15.6 Å². The van der Waals surface area contributed by atoms with Crippen molar-refractivity contribution < 1.29 is 4.79 Å². The van der Waals surface area contributed by atoms with Crippen molar-refractivity contribution in [3.8, 4) is 0 Å². The van der Waals surface area contributed by atoms with Crippen molar-refractivity contribution in [1.29, 1.82) is 0 Å². The van der Waals surface area contributed by atoms with Crippen LogP contribution < -0.4 is 10.6 Å². The number of nitrogens with one attached hydrogen (secondary N) is 3. The average Bonchev–Trinajstić information content (AvgIpc) is 3.02. The third-order valence-corrected chi connectivity index (χ3v) is 4.27. The summed E-state index contributed by atoms with van der Waals surface area (Å²) < 4.78 is 0. The van der Waals surface area contributed by atoms with Crippen molar-refractivity contribution in [2.24, 2.45) is 0 Å². The van der Waals surface area contributed by atoms with E-state index in [2.05, 4.69) is 32.7 Å². The molecule has 5 heteroatoms. The smallest absolute Gasteiger partial charge is 0.237 e. The summed E-state index contributed by atoms with van der Waals surface area (Å²) in [5.41, 5.74) is 4.42. The summed E-state index contributed by atoms with van der Waals surface area (Å²) in [5, 5.41) is 6.26. The van der Waals surface area contributed by atoms with E-state index in [-0.39, 0.29) is 11.9 Å². The molecule has 1 amide bonds. The Labute approximate surface area is 134 Å². The van der Waals surface area contributed by atoms with Gasteiger partial charge in [-0.15, -0.1) is 0 Å². The molecule has 0 aliphatic carbocycles. The number of rotatable bonds is 3. The second kappa shape index (κ2) is 5.85. The Kier molecular flexibility index (Phi) is 3.55. The highest BCUT2D eigenvalue weighted by Gasteiger charge is 2.23. The number of imidazole rings is 1. The van der Waals surface area contributed by atoms with Crippen LogP contribution in [0.5, 0.6) is 0 Å². The van der Waals surface area contributed by atoms with Crippen LogP contribution in [0, 0.1) is 0 Å². The minimum Gasteiger partial charge on any atom is -0.348 e. The highest BCUT2D eigenvalue weighted by molar-refractivity contribution is 5.82. The fraction of sp³-hybridized carbons (Fsp3) is 0.222. The maximum Gasteiger partial charge on any atom is 0.237 e. The SMILES string of the molecule is O=C(NCc1nc2ccccc2[nH]1)[C@@H]1Cc2ccccc2CN1. The van der Waals surface area contributed by atoms with Gasteiger partial charge in [0.15, 0.2) is 0 Å². The van der Waals surface area contributed by atoms with E-state index < -0.39 is 0 Å². The number of aromatic amines is 1. The highest BCUT2D eigenvalue weighted by atomic mass is 16.2. The maximum absolute atomic E-state index is 12.4. The zero-order chi connectivity index (χ0) is 15.6. The quantitative estimate of drug-likeness (QED) is 0.692. The number of amides is 1. The minimum absolute atomic E-state index is 0.0139. The number of nitrogens with zero attached hydrogens (tertiary/aromatic N) is 1. The normalized spacial score (nSPS) is 17.0. The minimum atomic E-state index is -0.186. The molecule has 0 saturated carbocycles. The molecule has 1 aromatic heterocycles. The molecule has 2 aromatic carbocycles. The van der Waals surface area contributed by atoms with E-state index in [0.29, 0.717) is 6.54 Å². The number of hydrogen-bond acceptors (Lipinski definition) is 3. The van der Waals surface area contributed by atoms with Crippen LogP contribution in [0.15, 0.2) is 48.5 Å². The summed E-state index contributed by atoms with van der Waals surface area (Å²) in [6, 6.07) is 15.9. The highest BCUT2D eigenvalue weighted by Crippen LogP contribution is 2.16. The molecular formula is C18H18N4O. The lowest BCUT2D eigenvalue weighted by Crippen LogP contribution is -2.47. The Morgan fingerprint density at radius 3 is 2.78 bits per heavy atom. The van der Waals surface area contributed by atoms with Gasteiger partial charge in [0.1, 0.15) is 5.82 Å². The Morgan fingerprint density at radius 1 is 1.13 bits per heavy atom. The van der Waals surface area contributed by atoms with Gasteiger partial charge in [-0.25, -0.2) is 4.98 Å². The van der Waals surface area contributed by atoms with Crippen LogP contribution in [0.25, 0.3) is 11.0 Å². The summed E-state index contributed by atoms with van der Waals surface area (Å²) in [6.45, 7) is 1.15. The van der Waals surface area contributed by atoms with E-state index >= 15 is 0 Å². The molecule has 4 rings (SSSR count). The molecule has 0 fully saturated rings. The number of carbonyl (C=O) groups excluding carboxylic acids is 1. The standard InChI is InChI=1S/C18H18N4O/c23-18(16-9-12-5-1-2-6-13(12)10-19-16)20-11-17-21-14-7-3-4-8-15(14)22-17/h1-8,16,19H,9-11H2,(H,20,23)(H,21,22)/t16-/m0/s1. The largest absolute Gasteiger partial charge is 0.348 e. The summed E-state index contributed by atoms with van der Waals surface area (Å²) in [5.74, 6) is 0.788. The zero-order valence-electron chi connectivity index (χ0n) is 12.7. The van der Waals surface area contributed by atoms with Gasteiger partial charge >= 0.3 is 0 Å². The molecule has 3 aromatic rings. The molecule has 0 bridgehead atoms. The fourth-order valence-corrected chi connectivity index (χ4v) is 3.02. The van der Waals surface area contributed by atoms with Gasteiger partial charge in [0.25, 0.3) is 0 Å². The molecule has 0 radical (unpaired) electrons. The number of fused-ring (bicyclic) bond motifs is 2. The molecule has 3 N–H and O–H groups in total. The van der Waals surface area contributed by atoms with E-state index in [0.717, 1.165) is 29.8 Å². The Morgan fingerprint density at radius 2 is 1.91 bits per heavy atom. The Balaban J connectivity index is 1.40. The number of hydrogen-bond donors (Lipinski definition) is 3. The van der Waals surface area contributed by atoms with Crippen LogP contribution in [0.1, 0.15) is 17.0 Å². The third-order valence-electron chi connectivity index (χ3n) is 4.27. The zero-order valence-corrected chi connectivity index (χ0v) is 12.7. The van der Waals surface area contributed by atoms with Crippen molar-refractivity contribution in [1.82, 2.24) is 20.6 Å². The molecule has 116 valence electrons. The first-order chi connectivity index (χ1) is 11.3. The monoisotopic (exact) mass is 306 g/mol. The molecular weight excluding hydrogens is 288 g/mol. The lowest BCUT2D eigenvalue weighted by Gasteiger charge is -2.25. The van der Waals surface area contributed by atoms with Gasteiger partial charge in [0.2, 0.25) is 5.91 Å². The molecule has 0 unspecified atom stereocenters. The predicted octanol–water partition coefficient (Wildman–Crippen LogP) is 1.89. The maximum atomic E-state index is 12.4. The van der Waals surface area contributed by atoms with Crippen LogP contribution in [0.4, 0.5) is 0 Å². The van der Waals surface area contributed by atoms with E-state index in [4.69, 9.17) is 0 Å². The van der Waals surface area contributed by atoms with Gasteiger partial charge in [-0.1, -0.05) is 36.4 Å². The molecule has 1 aliphatic heterocycles. The molecule has 0 saturated heterocycles. The lowest BCUT2D eigenvalue weighted by molar-refractivity contribution is -0.123. The van der Waals surface area contributed by atoms with E-state index in [9.17, 15) is 4.79 Å². The lowest BCUT2D eigenvalue weighted by atomic mass is 9.95. The Bertz CT molecular complexity index is 822. The van der Waals surface area contributed by atoms with Crippen LogP contribution in [-0.4, -0.2) is 21.9 Å². The molecule has 5 nitrogen and oxygen atoms in total. The van der Waals surface area contributed by atoms with Crippen molar-refractivity contribution in [2.75, 3.05) is 0 Å². The average molecular weight is 306 g/mol. The topological polar surface area (TPSA) is 69.8 Å². The third kappa shape index (κ3) is 2.83. The number of carbonyl (C=O) groups is 1. The molecule has 1 atom stereocenters. The first-order valence-corrected chi connectivity index (χ1v) is 7.81. The van der Waals surface area contributed by atoms with Gasteiger partial charge in [-0.3, -0.25) is 4.79 Å². The van der Waals surface area contributed by atoms with Gasteiger partial charge in [0.05, 0.1) is 23.6 Å². The van der Waals surface area contributed by atoms with Gasteiger partial charge in [-0.2, -0.15) is 0 Å². The Hall–Kier alpha value is -2.66. The summed E-state index contributed by atoms with van der Waals surface area (Å²) in [6.07, 6.45) is 0.724. The second-order valence-corrected chi connectivity index (χ2v) is 5.82. The second-order valence-electron chi connectivity index (χ2n) is 5.82. The number of aromatic nitrogens is 2. The molecule has 2 heterocycles. The van der Waals surface area contributed by atoms with Crippen LogP contribution >= 0.6 is 0 Å². The fourth-order valence-electron chi connectivity index (χ4n) is 3.02.